The van der Waals surface area contributed by atoms with Crippen molar-refractivity contribution in [1.82, 2.24) is 10.1 Å². The van der Waals surface area contributed by atoms with Crippen LogP contribution in [0.2, 0.25) is 0 Å². The van der Waals surface area contributed by atoms with Gasteiger partial charge in [-0.1, -0.05) is 11.2 Å². The Balaban J connectivity index is 1.49. The SMILES string of the molecule is CO[N+](=O)c1ccc(-c2oncc2C(=O)N2CCC(C3C=CN=CC3)C2)cc1. The Kier molecular flexibility index (Phi) is 5.01. The second-order valence-corrected chi connectivity index (χ2v) is 6.93. The summed E-state index contributed by atoms with van der Waals surface area (Å²) in [6, 6.07) is 6.61. The average Bonchev–Trinajstić information content (AvgIpc) is 3.43. The normalized spacial score (nSPS) is 21.1. The number of hydrogen-bond donors (Lipinski definition) is 0. The van der Waals surface area contributed by atoms with Crippen LogP contribution in [0.3, 0.4) is 0 Å². The van der Waals surface area contributed by atoms with E-state index in [2.05, 4.69) is 21.1 Å². The van der Waals surface area contributed by atoms with E-state index in [1.807, 2.05) is 17.3 Å². The van der Waals surface area contributed by atoms with E-state index in [1.165, 1.54) is 13.3 Å². The maximum atomic E-state index is 13.1. The van der Waals surface area contributed by atoms with Gasteiger partial charge in [0.1, 0.15) is 5.56 Å². The average molecular weight is 381 g/mol. The first-order valence-corrected chi connectivity index (χ1v) is 9.21. The summed E-state index contributed by atoms with van der Waals surface area (Å²) < 4.78 is 5.35. The monoisotopic (exact) mass is 381 g/mol. The number of benzene rings is 1. The van der Waals surface area contributed by atoms with Crippen LogP contribution in [0.15, 0.2) is 52.3 Å². The van der Waals surface area contributed by atoms with Crippen LogP contribution in [0, 0.1) is 16.7 Å². The van der Waals surface area contributed by atoms with E-state index >= 15 is 0 Å². The summed E-state index contributed by atoms with van der Waals surface area (Å²) in [5, 5.41) is 3.83. The number of rotatable bonds is 5. The second-order valence-electron chi connectivity index (χ2n) is 6.93. The summed E-state index contributed by atoms with van der Waals surface area (Å²) >= 11 is 0. The van der Waals surface area contributed by atoms with Crippen LogP contribution < -0.4 is 0 Å². The number of likely N-dealkylation sites (tertiary alicyclic amines) is 1. The van der Waals surface area contributed by atoms with Gasteiger partial charge in [0, 0.05) is 43.2 Å². The third-order valence-corrected chi connectivity index (χ3v) is 5.33. The third-order valence-electron chi connectivity index (χ3n) is 5.33. The van der Waals surface area contributed by atoms with Gasteiger partial charge in [0.2, 0.25) is 0 Å². The predicted molar refractivity (Wildman–Crippen MR) is 102 cm³/mol. The molecule has 2 atom stereocenters. The number of aliphatic imine (C=N–C) groups is 1. The van der Waals surface area contributed by atoms with Gasteiger partial charge in [-0.25, -0.2) is 4.84 Å². The number of carbonyl (C=O) groups excluding carboxylic acids is 1. The largest absolute Gasteiger partial charge is 0.355 e. The molecular weight excluding hydrogens is 360 g/mol. The van der Waals surface area contributed by atoms with Crippen LogP contribution in [0.25, 0.3) is 11.3 Å². The van der Waals surface area contributed by atoms with Crippen molar-refractivity contribution < 1.29 is 19.1 Å². The van der Waals surface area contributed by atoms with Gasteiger partial charge in [-0.15, -0.1) is 0 Å². The molecule has 1 fully saturated rings. The highest BCUT2D eigenvalue weighted by Crippen LogP contribution is 2.32. The number of hydrogen-bond acceptors (Lipinski definition) is 6. The van der Waals surface area contributed by atoms with E-state index in [4.69, 9.17) is 4.52 Å². The van der Waals surface area contributed by atoms with Crippen molar-refractivity contribution >= 4 is 17.8 Å². The van der Waals surface area contributed by atoms with Gasteiger partial charge in [-0.3, -0.25) is 9.79 Å². The molecule has 0 bridgehead atoms. The molecule has 8 nitrogen and oxygen atoms in total. The maximum absolute atomic E-state index is 13.1. The Morgan fingerprint density at radius 2 is 2.14 bits per heavy atom. The zero-order valence-electron chi connectivity index (χ0n) is 15.5. The summed E-state index contributed by atoms with van der Waals surface area (Å²) in [6.07, 6.45) is 9.26. The first-order chi connectivity index (χ1) is 13.7. The first kappa shape index (κ1) is 18.1. The van der Waals surface area contributed by atoms with Gasteiger partial charge >= 0.3 is 5.69 Å². The molecule has 1 amide bonds. The third kappa shape index (κ3) is 3.45. The lowest BCUT2D eigenvalue weighted by molar-refractivity contribution is -0.736. The van der Waals surface area contributed by atoms with Crippen molar-refractivity contribution in [1.29, 1.82) is 0 Å². The van der Waals surface area contributed by atoms with Gasteiger partial charge in [0.15, 0.2) is 12.9 Å². The molecule has 3 heterocycles. The predicted octanol–water partition coefficient (Wildman–Crippen LogP) is 3.38. The Morgan fingerprint density at radius 3 is 2.86 bits per heavy atom. The summed E-state index contributed by atoms with van der Waals surface area (Å²) in [5.41, 5.74) is 1.46. The zero-order valence-corrected chi connectivity index (χ0v) is 15.5. The minimum Gasteiger partial charge on any atom is -0.355 e. The Morgan fingerprint density at radius 1 is 1.32 bits per heavy atom. The minimum absolute atomic E-state index is 0.0846. The molecule has 8 heteroatoms. The number of carbonyl (C=O) groups is 1. The van der Waals surface area contributed by atoms with Crippen molar-refractivity contribution in [3.8, 4) is 11.3 Å². The van der Waals surface area contributed by atoms with Crippen molar-refractivity contribution in [2.24, 2.45) is 16.8 Å². The smallest absolute Gasteiger partial charge is 0.316 e. The fraction of sp³-hybridized carbons (Fsp3) is 0.350. The zero-order chi connectivity index (χ0) is 19.5. The maximum Gasteiger partial charge on any atom is 0.316 e. The van der Waals surface area contributed by atoms with Gasteiger partial charge < -0.3 is 9.42 Å². The van der Waals surface area contributed by atoms with E-state index in [0.29, 0.717) is 52.4 Å². The summed E-state index contributed by atoms with van der Waals surface area (Å²) in [7, 11) is 1.30. The molecule has 0 N–H and O–H groups in total. The lowest BCUT2D eigenvalue weighted by Gasteiger charge is -2.21. The molecule has 1 aromatic carbocycles. The second kappa shape index (κ2) is 7.75. The molecule has 0 spiro atoms. The van der Waals surface area contributed by atoms with E-state index in [-0.39, 0.29) is 5.91 Å². The highest BCUT2D eigenvalue weighted by atomic mass is 16.8. The summed E-state index contributed by atoms with van der Waals surface area (Å²) in [5.74, 6) is 1.19. The van der Waals surface area contributed by atoms with E-state index in [1.54, 1.807) is 24.3 Å². The Labute approximate surface area is 162 Å². The van der Waals surface area contributed by atoms with Crippen molar-refractivity contribution in [2.45, 2.75) is 12.8 Å². The number of allylic oxidation sites excluding steroid dienone is 1. The highest BCUT2D eigenvalue weighted by Gasteiger charge is 2.33. The molecule has 2 aliphatic rings. The van der Waals surface area contributed by atoms with Crippen LogP contribution in [0.4, 0.5) is 5.69 Å². The van der Waals surface area contributed by atoms with Crippen molar-refractivity contribution in [3.05, 3.63) is 53.2 Å². The number of nitrogens with zero attached hydrogens (tertiary/aromatic N) is 4. The van der Waals surface area contributed by atoms with Crippen LogP contribution in [0.5, 0.6) is 0 Å². The topological polar surface area (TPSA) is 88.0 Å². The summed E-state index contributed by atoms with van der Waals surface area (Å²) in [4.78, 5) is 35.6. The fourth-order valence-electron chi connectivity index (χ4n) is 3.76. The lowest BCUT2D eigenvalue weighted by Crippen LogP contribution is -2.30. The van der Waals surface area contributed by atoms with E-state index in [9.17, 15) is 9.70 Å². The minimum atomic E-state index is -0.0846. The number of amides is 1. The number of aromatic nitrogens is 1. The Bertz CT molecular complexity index is 932. The molecule has 4 rings (SSSR count). The molecule has 2 aromatic rings. The molecule has 1 saturated heterocycles. The highest BCUT2D eigenvalue weighted by molar-refractivity contribution is 5.99. The molecule has 144 valence electrons. The quantitative estimate of drug-likeness (QED) is 0.741. The molecule has 0 aliphatic carbocycles. The molecule has 0 saturated carbocycles. The molecule has 2 aliphatic heterocycles. The van der Waals surface area contributed by atoms with Gasteiger partial charge in [0.25, 0.3) is 10.8 Å². The van der Waals surface area contributed by atoms with Gasteiger partial charge in [-0.2, -0.15) is 0 Å². The Hall–Kier alpha value is -3.29. The fourth-order valence-corrected chi connectivity index (χ4v) is 3.76. The van der Waals surface area contributed by atoms with E-state index < -0.39 is 0 Å². The lowest BCUT2D eigenvalue weighted by atomic mass is 9.88. The molecule has 1 aromatic heterocycles. The van der Waals surface area contributed by atoms with Crippen LogP contribution in [0.1, 0.15) is 23.2 Å². The first-order valence-electron chi connectivity index (χ1n) is 9.21. The van der Waals surface area contributed by atoms with Crippen LogP contribution in [-0.4, -0.2) is 47.3 Å². The molecule has 28 heavy (non-hydrogen) atoms. The van der Waals surface area contributed by atoms with Gasteiger partial charge in [0.05, 0.1) is 11.1 Å². The van der Waals surface area contributed by atoms with Crippen LogP contribution >= 0.6 is 0 Å². The van der Waals surface area contributed by atoms with Crippen molar-refractivity contribution in [3.63, 3.8) is 0 Å². The summed E-state index contributed by atoms with van der Waals surface area (Å²) in [6.45, 7) is 1.43. The van der Waals surface area contributed by atoms with Crippen molar-refractivity contribution in [2.75, 3.05) is 20.2 Å². The molecular formula is C20H21N4O4+. The van der Waals surface area contributed by atoms with Crippen LogP contribution in [-0.2, 0) is 4.84 Å². The van der Waals surface area contributed by atoms with E-state index in [0.717, 1.165) is 12.8 Å². The molecule has 0 radical (unpaired) electrons. The molecule has 2 unspecified atom stereocenters. The standard InChI is InChI=1S/C20H21N4O4/c1-27-24(26)17-4-2-15(3-5-17)19-18(12-22-28-19)20(25)23-11-8-16(13-23)14-6-9-21-10-7-14/h2-6,9-10,12,14,16H,7-8,11,13H2,1H3/q+1. The van der Waals surface area contributed by atoms with Gasteiger partial charge in [-0.05, 0) is 36.8 Å².